The minimum atomic E-state index is 0.457. The van der Waals surface area contributed by atoms with Crippen LogP contribution in [0.1, 0.15) is 36.6 Å². The zero-order chi connectivity index (χ0) is 18.2. The number of benzene rings is 1. The van der Waals surface area contributed by atoms with Crippen LogP contribution in [0, 0.1) is 6.92 Å². The van der Waals surface area contributed by atoms with E-state index in [4.69, 9.17) is 4.52 Å². The predicted molar refractivity (Wildman–Crippen MR) is 104 cm³/mol. The molecule has 1 aliphatic heterocycles. The van der Waals surface area contributed by atoms with Crippen molar-refractivity contribution >= 4 is 5.96 Å². The van der Waals surface area contributed by atoms with Gasteiger partial charge in [-0.25, -0.2) is 4.99 Å². The fourth-order valence-electron chi connectivity index (χ4n) is 3.26. The Morgan fingerprint density at radius 3 is 2.77 bits per heavy atom. The van der Waals surface area contributed by atoms with E-state index >= 15 is 0 Å². The van der Waals surface area contributed by atoms with E-state index < -0.39 is 0 Å². The Morgan fingerprint density at radius 2 is 2.08 bits per heavy atom. The molecule has 1 saturated heterocycles. The molecule has 26 heavy (non-hydrogen) atoms. The molecule has 0 unspecified atom stereocenters. The van der Waals surface area contributed by atoms with Crippen molar-refractivity contribution in [3.8, 4) is 0 Å². The summed E-state index contributed by atoms with van der Waals surface area (Å²) >= 11 is 0. The molecule has 3 rings (SSSR count). The molecule has 0 radical (unpaired) electrons. The first kappa shape index (κ1) is 18.5. The number of nitrogens with zero attached hydrogens (tertiary/aromatic N) is 3. The maximum absolute atomic E-state index is 4.86. The first-order chi connectivity index (χ1) is 12.7. The molecule has 0 atom stereocenters. The van der Waals surface area contributed by atoms with Gasteiger partial charge in [0, 0.05) is 38.3 Å². The Labute approximate surface area is 155 Å². The number of piperidine rings is 1. The van der Waals surface area contributed by atoms with Crippen molar-refractivity contribution in [3.05, 3.63) is 53.4 Å². The largest absolute Gasteiger partial charge is 0.364 e. The van der Waals surface area contributed by atoms with Gasteiger partial charge in [-0.2, -0.15) is 0 Å². The van der Waals surface area contributed by atoms with Crippen molar-refractivity contribution in [3.63, 3.8) is 0 Å². The average molecular weight is 355 g/mol. The van der Waals surface area contributed by atoms with Gasteiger partial charge in [-0.05, 0) is 37.8 Å². The number of aromatic nitrogens is 1. The minimum Gasteiger partial charge on any atom is -0.364 e. The van der Waals surface area contributed by atoms with Crippen molar-refractivity contribution < 1.29 is 4.52 Å². The Balaban J connectivity index is 1.48. The summed E-state index contributed by atoms with van der Waals surface area (Å²) in [5.74, 6) is 0.854. The van der Waals surface area contributed by atoms with Crippen LogP contribution in [0.5, 0.6) is 0 Å². The highest BCUT2D eigenvalue weighted by atomic mass is 16.5. The molecule has 0 bridgehead atoms. The number of aliphatic imine (C=N–C) groups is 1. The molecule has 2 N–H and O–H groups in total. The van der Waals surface area contributed by atoms with Crippen molar-refractivity contribution in [2.75, 3.05) is 19.6 Å². The molecule has 1 fully saturated rings. The van der Waals surface area contributed by atoms with Gasteiger partial charge >= 0.3 is 0 Å². The highest BCUT2D eigenvalue weighted by Gasteiger charge is 2.20. The molecule has 2 heterocycles. The van der Waals surface area contributed by atoms with Crippen LogP contribution in [0.15, 0.2) is 46.1 Å². The number of hydrogen-bond acceptors (Lipinski definition) is 4. The molecule has 2 aromatic rings. The lowest BCUT2D eigenvalue weighted by Gasteiger charge is -2.33. The molecule has 6 heteroatoms. The van der Waals surface area contributed by atoms with Gasteiger partial charge in [-0.1, -0.05) is 29.4 Å². The maximum atomic E-state index is 4.86. The van der Waals surface area contributed by atoms with Crippen molar-refractivity contribution in [1.29, 1.82) is 0 Å². The van der Waals surface area contributed by atoms with Crippen LogP contribution in [0.4, 0.5) is 0 Å². The first-order valence-corrected chi connectivity index (χ1v) is 9.45. The quantitative estimate of drug-likeness (QED) is 0.616. The van der Waals surface area contributed by atoms with Crippen molar-refractivity contribution in [1.82, 2.24) is 20.7 Å². The fourth-order valence-corrected chi connectivity index (χ4v) is 3.26. The number of nitrogens with one attached hydrogen (secondary N) is 2. The van der Waals surface area contributed by atoms with Gasteiger partial charge in [0.05, 0.1) is 6.54 Å². The van der Waals surface area contributed by atoms with Gasteiger partial charge in [-0.15, -0.1) is 0 Å². The molecule has 140 valence electrons. The number of likely N-dealkylation sites (tertiary alicyclic amines) is 1. The van der Waals surface area contributed by atoms with Crippen molar-refractivity contribution in [2.24, 2.45) is 4.99 Å². The second kappa shape index (κ2) is 9.38. The summed E-state index contributed by atoms with van der Waals surface area (Å²) in [6, 6.07) is 11.0. The molecular weight excluding hydrogens is 326 g/mol. The molecule has 1 aromatic carbocycles. The highest BCUT2D eigenvalue weighted by Crippen LogP contribution is 2.16. The summed E-state index contributed by atoms with van der Waals surface area (Å²) in [6.45, 7) is 8.90. The van der Waals surface area contributed by atoms with E-state index in [9.17, 15) is 0 Å². The lowest BCUT2D eigenvalue weighted by molar-refractivity contribution is 0.198. The normalized spacial score (nSPS) is 16.6. The standard InChI is InChI=1S/C20H29N5O/c1-3-21-20(22-14-19-10-13-26-24-19)23-18-8-11-25(12-9-18)15-17-7-5-4-6-16(17)2/h4-7,10,13,18H,3,8-9,11-12,14-15H2,1-2H3,(H2,21,22,23). The Bertz CT molecular complexity index is 690. The Kier molecular flexibility index (Phi) is 6.66. The van der Waals surface area contributed by atoms with Crippen LogP contribution in [0.25, 0.3) is 0 Å². The zero-order valence-corrected chi connectivity index (χ0v) is 15.7. The van der Waals surface area contributed by atoms with Gasteiger partial charge in [0.15, 0.2) is 5.96 Å². The monoisotopic (exact) mass is 355 g/mol. The van der Waals surface area contributed by atoms with Gasteiger partial charge in [-0.3, -0.25) is 4.90 Å². The van der Waals surface area contributed by atoms with E-state index in [2.05, 4.69) is 63.8 Å². The van der Waals surface area contributed by atoms with E-state index in [1.54, 1.807) is 6.26 Å². The van der Waals surface area contributed by atoms with E-state index in [1.807, 2.05) is 6.07 Å². The van der Waals surface area contributed by atoms with Crippen LogP contribution in [0.2, 0.25) is 0 Å². The Morgan fingerprint density at radius 1 is 1.27 bits per heavy atom. The molecule has 6 nitrogen and oxygen atoms in total. The lowest BCUT2D eigenvalue weighted by Crippen LogP contribution is -2.48. The number of hydrogen-bond donors (Lipinski definition) is 2. The second-order valence-electron chi connectivity index (χ2n) is 6.81. The fraction of sp³-hybridized carbons (Fsp3) is 0.500. The van der Waals surface area contributed by atoms with E-state index in [0.717, 1.165) is 50.7 Å². The maximum Gasteiger partial charge on any atom is 0.191 e. The van der Waals surface area contributed by atoms with Gasteiger partial charge in [0.2, 0.25) is 0 Å². The van der Waals surface area contributed by atoms with Gasteiger partial charge in [0.25, 0.3) is 0 Å². The van der Waals surface area contributed by atoms with Crippen LogP contribution in [-0.4, -0.2) is 41.7 Å². The van der Waals surface area contributed by atoms with Crippen LogP contribution >= 0.6 is 0 Å². The lowest BCUT2D eigenvalue weighted by atomic mass is 10.0. The molecule has 1 aromatic heterocycles. The number of rotatable bonds is 6. The first-order valence-electron chi connectivity index (χ1n) is 9.45. The van der Waals surface area contributed by atoms with E-state index in [1.165, 1.54) is 11.1 Å². The third kappa shape index (κ3) is 5.33. The van der Waals surface area contributed by atoms with Gasteiger partial charge < -0.3 is 15.2 Å². The third-order valence-corrected chi connectivity index (χ3v) is 4.82. The third-order valence-electron chi connectivity index (χ3n) is 4.82. The average Bonchev–Trinajstić information content (AvgIpc) is 3.17. The minimum absolute atomic E-state index is 0.457. The zero-order valence-electron chi connectivity index (χ0n) is 15.7. The molecule has 0 aliphatic carbocycles. The van der Waals surface area contributed by atoms with Crippen LogP contribution in [-0.2, 0) is 13.1 Å². The summed E-state index contributed by atoms with van der Waals surface area (Å²) in [5.41, 5.74) is 3.65. The van der Waals surface area contributed by atoms with E-state index in [0.29, 0.717) is 12.6 Å². The summed E-state index contributed by atoms with van der Waals surface area (Å²) in [6.07, 6.45) is 3.83. The summed E-state index contributed by atoms with van der Waals surface area (Å²) in [7, 11) is 0. The SMILES string of the molecule is CCNC(=NCc1ccon1)NC1CCN(Cc2ccccc2C)CC1. The summed E-state index contributed by atoms with van der Waals surface area (Å²) in [5, 5.41) is 10.8. The number of aryl methyl sites for hydroxylation is 1. The number of guanidine groups is 1. The molecule has 0 saturated carbocycles. The van der Waals surface area contributed by atoms with Crippen LogP contribution in [0.3, 0.4) is 0 Å². The highest BCUT2D eigenvalue weighted by molar-refractivity contribution is 5.80. The van der Waals surface area contributed by atoms with Crippen molar-refractivity contribution in [2.45, 2.75) is 45.8 Å². The Hall–Kier alpha value is -2.34. The smallest absolute Gasteiger partial charge is 0.191 e. The van der Waals surface area contributed by atoms with E-state index in [-0.39, 0.29) is 0 Å². The molecular formula is C20H29N5O. The molecule has 0 amide bonds. The summed E-state index contributed by atoms with van der Waals surface area (Å²) in [4.78, 5) is 7.15. The predicted octanol–water partition coefficient (Wildman–Crippen LogP) is 2.70. The molecule has 0 spiro atoms. The molecule has 1 aliphatic rings. The summed E-state index contributed by atoms with van der Waals surface area (Å²) < 4.78 is 4.86. The van der Waals surface area contributed by atoms with Gasteiger partial charge in [0.1, 0.15) is 12.0 Å². The topological polar surface area (TPSA) is 65.7 Å². The van der Waals surface area contributed by atoms with Crippen LogP contribution < -0.4 is 10.6 Å². The second-order valence-corrected chi connectivity index (χ2v) is 6.81.